The molecule has 3 aliphatic carbocycles. The van der Waals surface area contributed by atoms with Crippen LogP contribution in [0.3, 0.4) is 0 Å². The zero-order chi connectivity index (χ0) is 13.7. The molecule has 0 saturated heterocycles. The summed E-state index contributed by atoms with van der Waals surface area (Å²) in [6.45, 7) is 2.08. The van der Waals surface area contributed by atoms with Gasteiger partial charge in [-0.05, 0) is 43.9 Å². The lowest BCUT2D eigenvalue weighted by molar-refractivity contribution is -0.151. The number of aliphatic carboxylic acids is 1. The van der Waals surface area contributed by atoms with E-state index in [1.165, 1.54) is 12.8 Å². The highest BCUT2D eigenvalue weighted by Gasteiger charge is 2.53. The first kappa shape index (κ1) is 12.7. The van der Waals surface area contributed by atoms with Gasteiger partial charge in [-0.25, -0.2) is 0 Å². The van der Waals surface area contributed by atoms with Crippen LogP contribution in [-0.4, -0.2) is 35.0 Å². The van der Waals surface area contributed by atoms with Gasteiger partial charge in [0.2, 0.25) is 5.91 Å². The van der Waals surface area contributed by atoms with Crippen molar-refractivity contribution in [3.8, 4) is 0 Å². The summed E-state index contributed by atoms with van der Waals surface area (Å²) < 4.78 is 0. The number of fused-ring (bicyclic) bond motifs is 2. The van der Waals surface area contributed by atoms with Crippen LogP contribution in [0.1, 0.15) is 26.2 Å². The standard InChI is InChI=1S/C15H21NO3/c1-8(9-3-4-9)16(2)14(17)12-10-5-6-11(7-10)13(12)15(18)19/h5-6,8-13H,3-4,7H2,1-2H3,(H,18,19). The van der Waals surface area contributed by atoms with Crippen LogP contribution in [-0.2, 0) is 9.59 Å². The number of carboxylic acids is 1. The molecule has 5 unspecified atom stereocenters. The molecule has 3 aliphatic rings. The van der Waals surface area contributed by atoms with E-state index in [4.69, 9.17) is 0 Å². The van der Waals surface area contributed by atoms with E-state index in [9.17, 15) is 14.7 Å². The van der Waals surface area contributed by atoms with Gasteiger partial charge in [-0.2, -0.15) is 0 Å². The lowest BCUT2D eigenvalue weighted by Gasteiger charge is -2.32. The van der Waals surface area contributed by atoms with Crippen molar-refractivity contribution in [3.05, 3.63) is 12.2 Å². The van der Waals surface area contributed by atoms with Crippen LogP contribution in [0, 0.1) is 29.6 Å². The fourth-order valence-corrected chi connectivity index (χ4v) is 3.83. The molecule has 0 aromatic heterocycles. The minimum Gasteiger partial charge on any atom is -0.481 e. The van der Waals surface area contributed by atoms with Crippen molar-refractivity contribution in [2.75, 3.05) is 7.05 Å². The lowest BCUT2D eigenvalue weighted by atomic mass is 9.82. The van der Waals surface area contributed by atoms with E-state index in [-0.39, 0.29) is 29.7 Å². The number of amides is 1. The number of hydrogen-bond donors (Lipinski definition) is 1. The highest BCUT2D eigenvalue weighted by atomic mass is 16.4. The largest absolute Gasteiger partial charge is 0.481 e. The Hall–Kier alpha value is -1.32. The molecular formula is C15H21NO3. The fraction of sp³-hybridized carbons (Fsp3) is 0.733. The SMILES string of the molecule is CC(C1CC1)N(C)C(=O)C1C2C=CC(C2)C1C(=O)O. The molecule has 3 rings (SSSR count). The topological polar surface area (TPSA) is 57.6 Å². The van der Waals surface area contributed by atoms with E-state index in [1.54, 1.807) is 4.90 Å². The third-order valence-corrected chi connectivity index (χ3v) is 5.29. The normalized spacial score (nSPS) is 37.4. The van der Waals surface area contributed by atoms with Crippen molar-refractivity contribution in [3.63, 3.8) is 0 Å². The van der Waals surface area contributed by atoms with E-state index in [0.717, 1.165) is 6.42 Å². The average Bonchev–Trinajstić information content (AvgIpc) is 3.04. The van der Waals surface area contributed by atoms with Crippen molar-refractivity contribution in [1.29, 1.82) is 0 Å². The first-order valence-electron chi connectivity index (χ1n) is 7.18. The number of allylic oxidation sites excluding steroid dienone is 2. The van der Waals surface area contributed by atoms with Crippen LogP contribution in [0.2, 0.25) is 0 Å². The van der Waals surface area contributed by atoms with E-state index < -0.39 is 11.9 Å². The number of carboxylic acid groups (broad SMARTS) is 1. The molecule has 4 nitrogen and oxygen atoms in total. The summed E-state index contributed by atoms with van der Waals surface area (Å²) in [6, 6.07) is 0.241. The number of rotatable bonds is 4. The molecular weight excluding hydrogens is 242 g/mol. The van der Waals surface area contributed by atoms with E-state index in [1.807, 2.05) is 19.2 Å². The van der Waals surface area contributed by atoms with Gasteiger partial charge < -0.3 is 10.0 Å². The molecule has 2 fully saturated rings. The van der Waals surface area contributed by atoms with Crippen LogP contribution in [0.25, 0.3) is 0 Å². The molecule has 0 spiro atoms. The van der Waals surface area contributed by atoms with Crippen LogP contribution in [0.4, 0.5) is 0 Å². The molecule has 0 aromatic carbocycles. The maximum Gasteiger partial charge on any atom is 0.307 e. The van der Waals surface area contributed by atoms with Crippen molar-refractivity contribution < 1.29 is 14.7 Å². The van der Waals surface area contributed by atoms with Gasteiger partial charge in [0.05, 0.1) is 11.8 Å². The summed E-state index contributed by atoms with van der Waals surface area (Å²) in [5.41, 5.74) is 0. The molecule has 19 heavy (non-hydrogen) atoms. The third-order valence-electron chi connectivity index (χ3n) is 5.29. The van der Waals surface area contributed by atoms with Gasteiger partial charge in [0.1, 0.15) is 0 Å². The number of hydrogen-bond acceptors (Lipinski definition) is 2. The summed E-state index contributed by atoms with van der Waals surface area (Å²) in [5, 5.41) is 9.39. The molecule has 1 N–H and O–H groups in total. The number of nitrogens with zero attached hydrogens (tertiary/aromatic N) is 1. The van der Waals surface area contributed by atoms with Gasteiger partial charge in [0, 0.05) is 13.1 Å². The van der Waals surface area contributed by atoms with Gasteiger partial charge in [0.15, 0.2) is 0 Å². The average molecular weight is 263 g/mol. The number of carbonyl (C=O) groups is 2. The molecule has 0 heterocycles. The molecule has 1 amide bonds. The molecule has 5 atom stereocenters. The van der Waals surface area contributed by atoms with Gasteiger partial charge in [-0.1, -0.05) is 12.2 Å². The Bertz CT molecular complexity index is 441. The van der Waals surface area contributed by atoms with Crippen molar-refractivity contribution in [2.24, 2.45) is 29.6 Å². The highest BCUT2D eigenvalue weighted by Crippen LogP contribution is 2.49. The van der Waals surface area contributed by atoms with Crippen LogP contribution in [0.15, 0.2) is 12.2 Å². The van der Waals surface area contributed by atoms with Gasteiger partial charge in [0.25, 0.3) is 0 Å². The summed E-state index contributed by atoms with van der Waals surface area (Å²) >= 11 is 0. The molecule has 2 bridgehead atoms. The Kier molecular flexibility index (Phi) is 2.91. The number of carbonyl (C=O) groups excluding carboxylic acids is 1. The van der Waals surface area contributed by atoms with Crippen LogP contribution >= 0.6 is 0 Å². The van der Waals surface area contributed by atoms with Crippen molar-refractivity contribution in [1.82, 2.24) is 4.90 Å². The third kappa shape index (κ3) is 1.97. The highest BCUT2D eigenvalue weighted by molar-refractivity contribution is 5.87. The second-order valence-corrected chi connectivity index (χ2v) is 6.37. The van der Waals surface area contributed by atoms with Crippen molar-refractivity contribution >= 4 is 11.9 Å². The first-order valence-corrected chi connectivity index (χ1v) is 7.18. The second-order valence-electron chi connectivity index (χ2n) is 6.37. The van der Waals surface area contributed by atoms with Crippen molar-refractivity contribution in [2.45, 2.75) is 32.2 Å². The summed E-state index contributed by atoms with van der Waals surface area (Å²) in [6.07, 6.45) is 7.24. The predicted octanol–water partition coefficient (Wildman–Crippen LogP) is 1.77. The van der Waals surface area contributed by atoms with E-state index >= 15 is 0 Å². The maximum absolute atomic E-state index is 12.7. The maximum atomic E-state index is 12.7. The Morgan fingerprint density at radius 1 is 1.21 bits per heavy atom. The Morgan fingerprint density at radius 2 is 1.79 bits per heavy atom. The Balaban J connectivity index is 1.78. The molecule has 104 valence electrons. The monoisotopic (exact) mass is 263 g/mol. The van der Waals surface area contributed by atoms with Crippen LogP contribution < -0.4 is 0 Å². The zero-order valence-electron chi connectivity index (χ0n) is 11.5. The van der Waals surface area contributed by atoms with Crippen LogP contribution in [0.5, 0.6) is 0 Å². The molecule has 2 saturated carbocycles. The molecule has 0 aliphatic heterocycles. The summed E-state index contributed by atoms with van der Waals surface area (Å²) in [4.78, 5) is 25.9. The van der Waals surface area contributed by atoms with Gasteiger partial charge in [-0.15, -0.1) is 0 Å². The minimum absolute atomic E-state index is 0.0312. The smallest absolute Gasteiger partial charge is 0.307 e. The Labute approximate surface area is 113 Å². The molecule has 4 heteroatoms. The lowest BCUT2D eigenvalue weighted by Crippen LogP contribution is -2.45. The fourth-order valence-electron chi connectivity index (χ4n) is 3.83. The summed E-state index contributed by atoms with van der Waals surface area (Å²) in [5.74, 6) is -0.846. The molecule has 0 radical (unpaired) electrons. The zero-order valence-corrected chi connectivity index (χ0v) is 11.5. The second kappa shape index (κ2) is 4.36. The van der Waals surface area contributed by atoms with E-state index in [2.05, 4.69) is 6.92 Å². The van der Waals surface area contributed by atoms with Gasteiger partial charge in [-0.3, -0.25) is 9.59 Å². The summed E-state index contributed by atoms with van der Waals surface area (Å²) in [7, 11) is 1.83. The minimum atomic E-state index is -0.817. The predicted molar refractivity (Wildman–Crippen MR) is 70.3 cm³/mol. The first-order chi connectivity index (χ1) is 9.00. The molecule has 0 aromatic rings. The van der Waals surface area contributed by atoms with Gasteiger partial charge >= 0.3 is 5.97 Å². The van der Waals surface area contributed by atoms with E-state index in [0.29, 0.717) is 5.92 Å². The quantitative estimate of drug-likeness (QED) is 0.786. The Morgan fingerprint density at radius 3 is 2.32 bits per heavy atom.